The Labute approximate surface area is 115 Å². The molecule has 0 aliphatic rings. The zero-order valence-electron chi connectivity index (χ0n) is 10.3. The zero-order valence-corrected chi connectivity index (χ0v) is 11.8. The first-order valence-electron chi connectivity index (χ1n) is 5.46. The van der Waals surface area contributed by atoms with Crippen LogP contribution in [0.15, 0.2) is 12.1 Å². The smallest absolute Gasteiger partial charge is 0.173 e. The molecule has 96 valence electrons. The van der Waals surface area contributed by atoms with Gasteiger partial charge in [-0.25, -0.2) is 0 Å². The Hall–Kier alpha value is -1.17. The molecule has 18 heavy (non-hydrogen) atoms. The minimum absolute atomic E-state index is 0.00681. The van der Waals surface area contributed by atoms with E-state index in [-0.39, 0.29) is 6.04 Å². The summed E-state index contributed by atoms with van der Waals surface area (Å²) in [6.45, 7) is 3.87. The van der Waals surface area contributed by atoms with E-state index >= 15 is 0 Å². The number of nitrogens with zero attached hydrogens (tertiary/aromatic N) is 4. The largest absolute Gasteiger partial charge is 0.311 e. The minimum Gasteiger partial charge on any atom is -0.311 e. The number of hydrogen-bond donors (Lipinski definition) is 1. The summed E-state index contributed by atoms with van der Waals surface area (Å²) in [4.78, 5) is 0. The molecule has 0 amide bonds. The molecule has 1 N–H and O–H groups in total. The van der Waals surface area contributed by atoms with Crippen molar-refractivity contribution in [2.45, 2.75) is 19.9 Å². The van der Waals surface area contributed by atoms with Gasteiger partial charge in [-0.05, 0) is 43.0 Å². The molecule has 0 radical (unpaired) electrons. The maximum atomic E-state index is 6.29. The van der Waals surface area contributed by atoms with Crippen molar-refractivity contribution in [1.29, 1.82) is 0 Å². The standard InChI is InChI=1S/C11H13Cl2N5/c1-6-4-5-8(12)10(9(6)13)18-11(7(2)14-3)15-16-17-18/h4-5,7,14H,1-3H3. The Bertz CT molecular complexity index is 567. The SMILES string of the molecule is CNC(C)c1nnnn1-c1c(Cl)ccc(C)c1Cl. The Balaban J connectivity index is 2.63. The molecule has 1 aromatic heterocycles. The lowest BCUT2D eigenvalue weighted by Crippen LogP contribution is -2.18. The van der Waals surface area contributed by atoms with Gasteiger partial charge in [0.25, 0.3) is 0 Å². The molecule has 0 aliphatic heterocycles. The van der Waals surface area contributed by atoms with Crippen LogP contribution in [0, 0.1) is 6.92 Å². The summed E-state index contributed by atoms with van der Waals surface area (Å²) in [5.41, 5.74) is 1.54. The second-order valence-corrected chi connectivity index (χ2v) is 4.77. The molecule has 1 aromatic carbocycles. The van der Waals surface area contributed by atoms with Crippen molar-refractivity contribution < 1.29 is 0 Å². The van der Waals surface area contributed by atoms with E-state index in [9.17, 15) is 0 Å². The van der Waals surface area contributed by atoms with Gasteiger partial charge in [0.05, 0.1) is 16.1 Å². The monoisotopic (exact) mass is 285 g/mol. The fraction of sp³-hybridized carbons (Fsp3) is 0.364. The number of halogens is 2. The average Bonchev–Trinajstić information content (AvgIpc) is 2.82. The van der Waals surface area contributed by atoms with Gasteiger partial charge < -0.3 is 5.32 Å². The van der Waals surface area contributed by atoms with Crippen molar-refractivity contribution in [3.05, 3.63) is 33.6 Å². The maximum Gasteiger partial charge on any atom is 0.173 e. The van der Waals surface area contributed by atoms with E-state index in [4.69, 9.17) is 23.2 Å². The highest BCUT2D eigenvalue weighted by Gasteiger charge is 2.19. The Morgan fingerprint density at radius 3 is 2.72 bits per heavy atom. The molecule has 0 aliphatic carbocycles. The van der Waals surface area contributed by atoms with Gasteiger partial charge in [0.2, 0.25) is 0 Å². The maximum absolute atomic E-state index is 6.29. The van der Waals surface area contributed by atoms with E-state index in [1.807, 2.05) is 27.0 Å². The second kappa shape index (κ2) is 5.22. The van der Waals surface area contributed by atoms with Crippen LogP contribution in [0.1, 0.15) is 24.4 Å². The van der Waals surface area contributed by atoms with Crippen LogP contribution < -0.4 is 5.32 Å². The summed E-state index contributed by atoms with van der Waals surface area (Å²) in [6, 6.07) is 3.64. The topological polar surface area (TPSA) is 55.6 Å². The van der Waals surface area contributed by atoms with Gasteiger partial charge in [0.15, 0.2) is 5.82 Å². The van der Waals surface area contributed by atoms with Crippen LogP contribution in [0.3, 0.4) is 0 Å². The van der Waals surface area contributed by atoms with E-state index in [2.05, 4.69) is 20.8 Å². The minimum atomic E-state index is -0.00681. The molecule has 0 fully saturated rings. The predicted octanol–water partition coefficient (Wildman–Crippen LogP) is 2.56. The van der Waals surface area contributed by atoms with Gasteiger partial charge in [-0.3, -0.25) is 0 Å². The fourth-order valence-electron chi connectivity index (χ4n) is 1.59. The molecule has 0 bridgehead atoms. The van der Waals surface area contributed by atoms with Crippen LogP contribution in [0.25, 0.3) is 5.69 Å². The highest BCUT2D eigenvalue weighted by Crippen LogP contribution is 2.31. The normalized spacial score (nSPS) is 12.7. The molecule has 2 aromatic rings. The van der Waals surface area contributed by atoms with Crippen molar-refractivity contribution in [3.63, 3.8) is 0 Å². The fourth-order valence-corrected chi connectivity index (χ4v) is 2.12. The van der Waals surface area contributed by atoms with Crippen LogP contribution in [0.4, 0.5) is 0 Å². The van der Waals surface area contributed by atoms with Gasteiger partial charge in [-0.15, -0.1) is 5.10 Å². The Morgan fingerprint density at radius 1 is 1.33 bits per heavy atom. The van der Waals surface area contributed by atoms with Gasteiger partial charge in [0, 0.05) is 0 Å². The first kappa shape index (κ1) is 13.3. The molecule has 1 unspecified atom stereocenters. The van der Waals surface area contributed by atoms with Gasteiger partial charge in [-0.1, -0.05) is 29.3 Å². The van der Waals surface area contributed by atoms with Crippen LogP contribution in [0.2, 0.25) is 10.0 Å². The third-order valence-electron chi connectivity index (χ3n) is 2.79. The molecule has 7 heteroatoms. The summed E-state index contributed by atoms with van der Waals surface area (Å²) >= 11 is 12.5. The second-order valence-electron chi connectivity index (χ2n) is 3.99. The number of aryl methyl sites for hydroxylation is 1. The van der Waals surface area contributed by atoms with Crippen molar-refractivity contribution in [2.75, 3.05) is 7.05 Å². The van der Waals surface area contributed by atoms with Gasteiger partial charge in [-0.2, -0.15) is 4.68 Å². The van der Waals surface area contributed by atoms with E-state index in [1.165, 1.54) is 0 Å². The van der Waals surface area contributed by atoms with Crippen molar-refractivity contribution in [1.82, 2.24) is 25.5 Å². The van der Waals surface area contributed by atoms with Crippen LogP contribution >= 0.6 is 23.2 Å². The van der Waals surface area contributed by atoms with E-state index in [0.29, 0.717) is 21.6 Å². The molecule has 2 rings (SSSR count). The number of benzene rings is 1. The van der Waals surface area contributed by atoms with Crippen molar-refractivity contribution in [2.24, 2.45) is 0 Å². The molecule has 1 heterocycles. The quantitative estimate of drug-likeness (QED) is 0.942. The molecule has 5 nitrogen and oxygen atoms in total. The number of tetrazole rings is 1. The summed E-state index contributed by atoms with van der Waals surface area (Å²) < 4.78 is 1.57. The average molecular weight is 286 g/mol. The first-order valence-corrected chi connectivity index (χ1v) is 6.22. The van der Waals surface area contributed by atoms with E-state index < -0.39 is 0 Å². The highest BCUT2D eigenvalue weighted by molar-refractivity contribution is 6.38. The zero-order chi connectivity index (χ0) is 13.3. The molecule has 0 saturated carbocycles. The van der Waals surface area contributed by atoms with Crippen LogP contribution in [-0.2, 0) is 0 Å². The first-order chi connectivity index (χ1) is 8.56. The van der Waals surface area contributed by atoms with Crippen molar-refractivity contribution in [3.8, 4) is 5.69 Å². The third kappa shape index (κ3) is 2.21. The predicted molar refractivity (Wildman–Crippen MR) is 71.4 cm³/mol. The van der Waals surface area contributed by atoms with Crippen LogP contribution in [-0.4, -0.2) is 27.3 Å². The molecular formula is C11H13Cl2N5. The summed E-state index contributed by atoms with van der Waals surface area (Å²) in [6.07, 6.45) is 0. The highest BCUT2D eigenvalue weighted by atomic mass is 35.5. The lowest BCUT2D eigenvalue weighted by atomic mass is 10.2. The van der Waals surface area contributed by atoms with Gasteiger partial charge >= 0.3 is 0 Å². The van der Waals surface area contributed by atoms with Crippen LogP contribution in [0.5, 0.6) is 0 Å². The summed E-state index contributed by atoms with van der Waals surface area (Å²) in [5.74, 6) is 0.659. The van der Waals surface area contributed by atoms with Gasteiger partial charge in [0.1, 0.15) is 5.69 Å². The summed E-state index contributed by atoms with van der Waals surface area (Å²) in [5, 5.41) is 15.8. The number of hydrogen-bond acceptors (Lipinski definition) is 4. The lowest BCUT2D eigenvalue weighted by molar-refractivity contribution is 0.588. The lowest BCUT2D eigenvalue weighted by Gasteiger charge is -2.13. The Morgan fingerprint density at radius 2 is 2.06 bits per heavy atom. The number of rotatable bonds is 3. The third-order valence-corrected chi connectivity index (χ3v) is 3.57. The Kier molecular flexibility index (Phi) is 3.85. The molecule has 0 spiro atoms. The molecular weight excluding hydrogens is 273 g/mol. The van der Waals surface area contributed by atoms with Crippen molar-refractivity contribution >= 4 is 23.2 Å². The molecule has 0 saturated heterocycles. The van der Waals surface area contributed by atoms with E-state index in [0.717, 1.165) is 5.56 Å². The number of aromatic nitrogens is 4. The summed E-state index contributed by atoms with van der Waals surface area (Å²) in [7, 11) is 1.84. The molecule has 1 atom stereocenters. The van der Waals surface area contributed by atoms with E-state index in [1.54, 1.807) is 10.7 Å². The number of nitrogens with one attached hydrogen (secondary N) is 1.